The fourth-order valence-corrected chi connectivity index (χ4v) is 1.25. The van der Waals surface area contributed by atoms with E-state index in [1.54, 1.807) is 12.1 Å². The lowest BCUT2D eigenvalue weighted by Crippen LogP contribution is -1.92. The molecule has 1 rings (SSSR count). The predicted molar refractivity (Wildman–Crippen MR) is 51.5 cm³/mol. The Labute approximate surface area is 78.2 Å². The molecule has 0 aliphatic heterocycles. The van der Waals surface area contributed by atoms with Gasteiger partial charge in [-0.1, -0.05) is 13.3 Å². The molecule has 0 heterocycles. The van der Waals surface area contributed by atoms with Crippen LogP contribution in [0.2, 0.25) is 0 Å². The number of hydrogen-bond donors (Lipinski definition) is 1. The Hall–Kier alpha value is -1.31. The van der Waals surface area contributed by atoms with Gasteiger partial charge in [0, 0.05) is 5.56 Å². The topological polar surface area (TPSA) is 37.3 Å². The molecule has 0 spiro atoms. The van der Waals surface area contributed by atoms with Crippen LogP contribution in [0.1, 0.15) is 30.9 Å². The lowest BCUT2D eigenvalue weighted by molar-refractivity contribution is 0.474. The van der Waals surface area contributed by atoms with E-state index in [1.807, 2.05) is 6.29 Å². The third kappa shape index (κ3) is 2.58. The van der Waals surface area contributed by atoms with Crippen molar-refractivity contribution in [3.05, 3.63) is 29.3 Å². The zero-order chi connectivity index (χ0) is 9.68. The van der Waals surface area contributed by atoms with E-state index in [0.717, 1.165) is 24.8 Å². The van der Waals surface area contributed by atoms with Crippen molar-refractivity contribution in [2.24, 2.45) is 0 Å². The Morgan fingerprint density at radius 3 is 2.85 bits per heavy atom. The first kappa shape index (κ1) is 9.78. The maximum absolute atomic E-state index is 10.5. The Bertz CT molecular complexity index is 292. The SMILES string of the molecule is CCCCc1cc(O)ccc1[C]=O. The minimum Gasteiger partial charge on any atom is -0.508 e. The Balaban J connectivity index is 2.87. The van der Waals surface area contributed by atoms with Gasteiger partial charge >= 0.3 is 0 Å². The van der Waals surface area contributed by atoms with Gasteiger partial charge in [-0.25, -0.2) is 0 Å². The van der Waals surface area contributed by atoms with Gasteiger partial charge < -0.3 is 5.11 Å². The molecule has 0 unspecified atom stereocenters. The van der Waals surface area contributed by atoms with Crippen molar-refractivity contribution in [2.75, 3.05) is 0 Å². The Kier molecular flexibility index (Phi) is 3.50. The standard InChI is InChI=1S/C11H13O2/c1-2-3-4-9-7-11(13)6-5-10(9)8-12/h5-7,13H,2-4H2,1H3. The molecular weight excluding hydrogens is 164 g/mol. The number of rotatable bonds is 4. The van der Waals surface area contributed by atoms with Gasteiger partial charge in [0.05, 0.1) is 0 Å². The van der Waals surface area contributed by atoms with Crippen LogP contribution in [0.15, 0.2) is 18.2 Å². The van der Waals surface area contributed by atoms with Crippen molar-refractivity contribution in [2.45, 2.75) is 26.2 Å². The van der Waals surface area contributed by atoms with E-state index < -0.39 is 0 Å². The van der Waals surface area contributed by atoms with Crippen LogP contribution in [0.4, 0.5) is 0 Å². The van der Waals surface area contributed by atoms with Crippen LogP contribution in [0.25, 0.3) is 0 Å². The van der Waals surface area contributed by atoms with Crippen LogP contribution in [0.3, 0.4) is 0 Å². The lowest BCUT2D eigenvalue weighted by Gasteiger charge is -2.03. The fourth-order valence-electron chi connectivity index (χ4n) is 1.25. The van der Waals surface area contributed by atoms with Crippen molar-refractivity contribution in [1.82, 2.24) is 0 Å². The molecule has 0 atom stereocenters. The van der Waals surface area contributed by atoms with Gasteiger partial charge in [0.1, 0.15) is 5.75 Å². The maximum Gasteiger partial charge on any atom is 0.233 e. The average molecular weight is 177 g/mol. The highest BCUT2D eigenvalue weighted by Gasteiger charge is 2.02. The number of carbonyl (C=O) groups excluding carboxylic acids is 1. The molecule has 1 aromatic rings. The number of phenols is 1. The molecule has 1 aromatic carbocycles. The second-order valence-electron chi connectivity index (χ2n) is 3.05. The van der Waals surface area contributed by atoms with Gasteiger partial charge in [-0.05, 0) is 36.6 Å². The van der Waals surface area contributed by atoms with Crippen molar-refractivity contribution in [3.63, 3.8) is 0 Å². The highest BCUT2D eigenvalue weighted by atomic mass is 16.3. The molecule has 0 aromatic heterocycles. The summed E-state index contributed by atoms with van der Waals surface area (Å²) < 4.78 is 0. The first-order valence-electron chi connectivity index (χ1n) is 4.48. The lowest BCUT2D eigenvalue weighted by atomic mass is 10.0. The van der Waals surface area contributed by atoms with Crippen molar-refractivity contribution < 1.29 is 9.90 Å². The van der Waals surface area contributed by atoms with Crippen LogP contribution in [0, 0.1) is 0 Å². The molecule has 2 heteroatoms. The summed E-state index contributed by atoms with van der Waals surface area (Å²) in [5, 5.41) is 9.20. The highest BCUT2D eigenvalue weighted by molar-refractivity contribution is 5.78. The molecule has 1 N–H and O–H groups in total. The second-order valence-corrected chi connectivity index (χ2v) is 3.05. The number of aromatic hydroxyl groups is 1. The molecule has 0 fully saturated rings. The largest absolute Gasteiger partial charge is 0.508 e. The predicted octanol–water partition coefficient (Wildman–Crippen LogP) is 2.19. The van der Waals surface area contributed by atoms with E-state index in [9.17, 15) is 9.90 Å². The summed E-state index contributed by atoms with van der Waals surface area (Å²) in [7, 11) is 0. The molecule has 0 bridgehead atoms. The van der Waals surface area contributed by atoms with Gasteiger partial charge in [0.15, 0.2) is 0 Å². The first-order chi connectivity index (χ1) is 6.27. The summed E-state index contributed by atoms with van der Waals surface area (Å²) >= 11 is 0. The number of hydrogen-bond acceptors (Lipinski definition) is 2. The van der Waals surface area contributed by atoms with Crippen LogP contribution >= 0.6 is 0 Å². The zero-order valence-corrected chi connectivity index (χ0v) is 7.71. The van der Waals surface area contributed by atoms with Gasteiger partial charge in [-0.15, -0.1) is 0 Å². The van der Waals surface area contributed by atoms with Crippen LogP contribution in [0.5, 0.6) is 5.75 Å². The molecule has 1 radical (unpaired) electrons. The molecule has 0 aliphatic carbocycles. The quantitative estimate of drug-likeness (QED) is 0.765. The summed E-state index contributed by atoms with van der Waals surface area (Å²) in [5.41, 5.74) is 1.45. The van der Waals surface area contributed by atoms with E-state index in [-0.39, 0.29) is 5.75 Å². The van der Waals surface area contributed by atoms with Gasteiger partial charge in [-0.3, -0.25) is 4.79 Å². The van der Waals surface area contributed by atoms with Crippen molar-refractivity contribution >= 4 is 6.29 Å². The molecule has 13 heavy (non-hydrogen) atoms. The minimum atomic E-state index is 0.213. The van der Waals surface area contributed by atoms with E-state index in [4.69, 9.17) is 0 Å². The number of phenolic OH excluding ortho intramolecular Hbond substituents is 1. The second kappa shape index (κ2) is 4.65. The summed E-state index contributed by atoms with van der Waals surface area (Å²) in [4.78, 5) is 10.5. The molecule has 69 valence electrons. The molecule has 0 saturated heterocycles. The number of benzene rings is 1. The third-order valence-corrected chi connectivity index (χ3v) is 2.00. The Morgan fingerprint density at radius 1 is 1.46 bits per heavy atom. The fraction of sp³-hybridized carbons (Fsp3) is 0.364. The first-order valence-corrected chi connectivity index (χ1v) is 4.48. The molecule has 0 amide bonds. The maximum atomic E-state index is 10.5. The van der Waals surface area contributed by atoms with E-state index in [2.05, 4.69) is 6.92 Å². The smallest absolute Gasteiger partial charge is 0.233 e. The molecule has 0 aliphatic rings. The zero-order valence-electron chi connectivity index (χ0n) is 7.71. The van der Waals surface area contributed by atoms with Crippen molar-refractivity contribution in [3.8, 4) is 5.75 Å². The third-order valence-electron chi connectivity index (χ3n) is 2.00. The summed E-state index contributed by atoms with van der Waals surface area (Å²) in [5.74, 6) is 0.213. The van der Waals surface area contributed by atoms with Crippen LogP contribution in [-0.2, 0) is 11.2 Å². The summed E-state index contributed by atoms with van der Waals surface area (Å²) in [6.45, 7) is 2.09. The van der Waals surface area contributed by atoms with Crippen LogP contribution in [-0.4, -0.2) is 11.4 Å². The van der Waals surface area contributed by atoms with Crippen LogP contribution < -0.4 is 0 Å². The number of unbranched alkanes of at least 4 members (excludes halogenated alkanes) is 1. The highest BCUT2D eigenvalue weighted by Crippen LogP contribution is 2.17. The molecule has 2 nitrogen and oxygen atoms in total. The average Bonchev–Trinajstić information content (AvgIpc) is 2.15. The van der Waals surface area contributed by atoms with E-state index >= 15 is 0 Å². The normalized spacial score (nSPS) is 9.92. The van der Waals surface area contributed by atoms with E-state index in [0.29, 0.717) is 5.56 Å². The van der Waals surface area contributed by atoms with Gasteiger partial charge in [-0.2, -0.15) is 0 Å². The molecular formula is C11H13O2. The number of aryl methyl sites for hydroxylation is 1. The Morgan fingerprint density at radius 2 is 2.23 bits per heavy atom. The minimum absolute atomic E-state index is 0.213. The molecule has 0 saturated carbocycles. The van der Waals surface area contributed by atoms with Crippen molar-refractivity contribution in [1.29, 1.82) is 0 Å². The van der Waals surface area contributed by atoms with Gasteiger partial charge in [0.25, 0.3) is 0 Å². The summed E-state index contributed by atoms with van der Waals surface area (Å²) in [6, 6.07) is 4.75. The monoisotopic (exact) mass is 177 g/mol. The summed E-state index contributed by atoms with van der Waals surface area (Å²) in [6.07, 6.45) is 4.80. The van der Waals surface area contributed by atoms with E-state index in [1.165, 1.54) is 6.07 Å². The van der Waals surface area contributed by atoms with Gasteiger partial charge in [0.2, 0.25) is 6.29 Å².